The van der Waals surface area contributed by atoms with E-state index in [1.54, 1.807) is 12.1 Å². The molecule has 0 saturated carbocycles. The lowest BCUT2D eigenvalue weighted by atomic mass is 9.92. The normalized spacial score (nSPS) is 19.9. The van der Waals surface area contributed by atoms with Crippen molar-refractivity contribution < 1.29 is 23.0 Å². The van der Waals surface area contributed by atoms with E-state index in [1.807, 2.05) is 0 Å². The summed E-state index contributed by atoms with van der Waals surface area (Å²) in [6, 6.07) is 5.23. The van der Waals surface area contributed by atoms with Gasteiger partial charge in [-0.25, -0.2) is 0 Å². The van der Waals surface area contributed by atoms with Crippen LogP contribution in [0, 0.1) is 5.92 Å². The number of piperidine rings is 1. The molecule has 5 nitrogen and oxygen atoms in total. The molecule has 2 rings (SSSR count). The molecule has 1 aromatic carbocycles. The Hall–Kier alpha value is -1.60. The lowest BCUT2D eigenvalue weighted by Crippen LogP contribution is -2.42. The maximum atomic E-state index is 12.4. The molecule has 1 saturated heterocycles. The lowest BCUT2D eigenvalue weighted by Gasteiger charge is -2.27. The van der Waals surface area contributed by atoms with Gasteiger partial charge in [-0.2, -0.15) is 8.78 Å². The van der Waals surface area contributed by atoms with E-state index in [9.17, 15) is 13.6 Å². The Morgan fingerprint density at radius 2 is 2.16 bits per heavy atom. The van der Waals surface area contributed by atoms with Gasteiger partial charge in [-0.15, -0.1) is 12.4 Å². The van der Waals surface area contributed by atoms with Crippen molar-refractivity contribution in [1.82, 2.24) is 10.6 Å². The first-order chi connectivity index (χ1) is 11.5. The second-order valence-corrected chi connectivity index (χ2v) is 5.98. The first kappa shape index (κ1) is 21.4. The van der Waals surface area contributed by atoms with E-state index in [-0.39, 0.29) is 35.7 Å². The van der Waals surface area contributed by atoms with Gasteiger partial charge in [0.2, 0.25) is 5.91 Å². The second kappa shape index (κ2) is 10.4. The summed E-state index contributed by atoms with van der Waals surface area (Å²) in [4.78, 5) is 12.2. The molecule has 2 atom stereocenters. The van der Waals surface area contributed by atoms with Crippen LogP contribution < -0.4 is 20.1 Å². The standard InChI is InChI=1S/C17H24F2N2O3.ClH/c1-11-9-13(6-8-20-11)16(22)21-7-5-12-3-4-14(23-2)15(10-12)24-17(18)19;/h3-4,10-11,13,17,20H,5-9H2,1-2H3,(H,21,22);1H/t11-,13-;/m0./s1. The highest BCUT2D eigenvalue weighted by molar-refractivity contribution is 5.85. The fourth-order valence-corrected chi connectivity index (χ4v) is 2.91. The van der Waals surface area contributed by atoms with Crippen LogP contribution in [0.1, 0.15) is 25.3 Å². The molecule has 0 aliphatic carbocycles. The van der Waals surface area contributed by atoms with Crippen LogP contribution >= 0.6 is 12.4 Å². The number of rotatable bonds is 7. The number of halogens is 3. The van der Waals surface area contributed by atoms with Crippen LogP contribution in [0.5, 0.6) is 11.5 Å². The smallest absolute Gasteiger partial charge is 0.387 e. The van der Waals surface area contributed by atoms with Crippen molar-refractivity contribution in [2.45, 2.75) is 38.8 Å². The average molecular weight is 379 g/mol. The molecule has 142 valence electrons. The van der Waals surface area contributed by atoms with Crippen molar-refractivity contribution in [2.75, 3.05) is 20.2 Å². The van der Waals surface area contributed by atoms with Gasteiger partial charge < -0.3 is 20.1 Å². The van der Waals surface area contributed by atoms with Crippen molar-refractivity contribution in [3.05, 3.63) is 23.8 Å². The zero-order valence-electron chi connectivity index (χ0n) is 14.4. The fourth-order valence-electron chi connectivity index (χ4n) is 2.91. The van der Waals surface area contributed by atoms with Crippen molar-refractivity contribution >= 4 is 18.3 Å². The zero-order valence-corrected chi connectivity index (χ0v) is 15.2. The number of nitrogens with one attached hydrogen (secondary N) is 2. The number of ether oxygens (including phenoxy) is 2. The van der Waals surface area contributed by atoms with Crippen LogP contribution in [0.4, 0.5) is 8.78 Å². The van der Waals surface area contributed by atoms with Crippen LogP contribution in [0.2, 0.25) is 0 Å². The van der Waals surface area contributed by atoms with Crippen LogP contribution in [0.15, 0.2) is 18.2 Å². The number of alkyl halides is 2. The van der Waals surface area contributed by atoms with Crippen LogP contribution in [-0.2, 0) is 11.2 Å². The minimum Gasteiger partial charge on any atom is -0.493 e. The molecule has 2 N–H and O–H groups in total. The van der Waals surface area contributed by atoms with Crippen molar-refractivity contribution in [3.8, 4) is 11.5 Å². The van der Waals surface area contributed by atoms with Crippen molar-refractivity contribution in [1.29, 1.82) is 0 Å². The SMILES string of the molecule is COc1ccc(CCNC(=O)[C@H]2CCN[C@@H](C)C2)cc1OC(F)F.Cl. The second-order valence-electron chi connectivity index (χ2n) is 5.98. The maximum absolute atomic E-state index is 12.4. The molecule has 0 aromatic heterocycles. The van der Waals surface area contributed by atoms with E-state index in [0.717, 1.165) is 24.9 Å². The summed E-state index contributed by atoms with van der Waals surface area (Å²) < 4.78 is 34.3. The van der Waals surface area contributed by atoms with E-state index in [0.29, 0.717) is 19.0 Å². The highest BCUT2D eigenvalue weighted by Crippen LogP contribution is 2.29. The summed E-state index contributed by atoms with van der Waals surface area (Å²) in [5.41, 5.74) is 0.797. The Bertz CT molecular complexity index is 561. The number of hydrogen-bond acceptors (Lipinski definition) is 4. The number of amides is 1. The molecule has 0 bridgehead atoms. The van der Waals surface area contributed by atoms with E-state index >= 15 is 0 Å². The predicted molar refractivity (Wildman–Crippen MR) is 93.8 cm³/mol. The van der Waals surface area contributed by atoms with Gasteiger partial charge in [0.25, 0.3) is 0 Å². The molecule has 1 heterocycles. The van der Waals surface area contributed by atoms with Crippen LogP contribution in [0.3, 0.4) is 0 Å². The zero-order chi connectivity index (χ0) is 17.5. The Morgan fingerprint density at radius 1 is 1.40 bits per heavy atom. The first-order valence-electron chi connectivity index (χ1n) is 8.12. The van der Waals surface area contributed by atoms with Crippen molar-refractivity contribution in [2.24, 2.45) is 5.92 Å². The minimum atomic E-state index is -2.91. The Balaban J connectivity index is 0.00000312. The van der Waals surface area contributed by atoms with Crippen LogP contribution in [-0.4, -0.2) is 38.8 Å². The van der Waals surface area contributed by atoms with Gasteiger partial charge in [0.1, 0.15) is 0 Å². The van der Waals surface area contributed by atoms with E-state index in [1.165, 1.54) is 13.2 Å². The predicted octanol–water partition coefficient (Wildman–Crippen LogP) is 2.77. The molecule has 1 fully saturated rings. The van der Waals surface area contributed by atoms with E-state index in [2.05, 4.69) is 22.3 Å². The van der Waals surface area contributed by atoms with Gasteiger partial charge in [0.15, 0.2) is 11.5 Å². The average Bonchev–Trinajstić information content (AvgIpc) is 2.54. The lowest BCUT2D eigenvalue weighted by molar-refractivity contribution is -0.126. The maximum Gasteiger partial charge on any atom is 0.387 e. The monoisotopic (exact) mass is 378 g/mol. The first-order valence-corrected chi connectivity index (χ1v) is 8.12. The van der Waals surface area contributed by atoms with Gasteiger partial charge in [0, 0.05) is 18.5 Å². The van der Waals surface area contributed by atoms with Crippen molar-refractivity contribution in [3.63, 3.8) is 0 Å². The summed E-state index contributed by atoms with van der Waals surface area (Å²) in [6.07, 6.45) is 2.21. The number of carbonyl (C=O) groups is 1. The molecule has 1 aliphatic rings. The quantitative estimate of drug-likeness (QED) is 0.766. The fraction of sp³-hybridized carbons (Fsp3) is 0.588. The molecule has 1 aromatic rings. The van der Waals surface area contributed by atoms with E-state index in [4.69, 9.17) is 4.74 Å². The number of methoxy groups -OCH3 is 1. The topological polar surface area (TPSA) is 59.6 Å². The molecule has 8 heteroatoms. The van der Waals surface area contributed by atoms with E-state index < -0.39 is 6.61 Å². The van der Waals surface area contributed by atoms with Gasteiger partial charge in [0.05, 0.1) is 7.11 Å². The summed E-state index contributed by atoms with van der Waals surface area (Å²) in [6.45, 7) is 0.473. The minimum absolute atomic E-state index is 0. The van der Waals surface area contributed by atoms with Gasteiger partial charge in [-0.1, -0.05) is 6.07 Å². The number of carbonyl (C=O) groups excluding carboxylic acids is 1. The Labute approximate surface area is 152 Å². The Kier molecular flexibility index (Phi) is 8.92. The summed E-state index contributed by atoms with van der Waals surface area (Å²) in [5, 5.41) is 6.24. The Morgan fingerprint density at radius 3 is 2.80 bits per heavy atom. The molecule has 25 heavy (non-hydrogen) atoms. The van der Waals surface area contributed by atoms with Gasteiger partial charge in [-0.05, 0) is 50.4 Å². The molecule has 0 spiro atoms. The van der Waals surface area contributed by atoms with Gasteiger partial charge in [-0.3, -0.25) is 4.79 Å². The third kappa shape index (κ3) is 6.66. The highest BCUT2D eigenvalue weighted by atomic mass is 35.5. The molecule has 0 unspecified atom stereocenters. The molecular formula is C17H25ClF2N2O3. The number of hydrogen-bond donors (Lipinski definition) is 2. The summed E-state index contributed by atoms with van der Waals surface area (Å²) >= 11 is 0. The third-order valence-electron chi connectivity index (χ3n) is 4.15. The third-order valence-corrected chi connectivity index (χ3v) is 4.15. The largest absolute Gasteiger partial charge is 0.493 e. The molecular weight excluding hydrogens is 354 g/mol. The number of benzene rings is 1. The summed E-state index contributed by atoms with van der Waals surface area (Å²) in [5.74, 6) is 0.353. The summed E-state index contributed by atoms with van der Waals surface area (Å²) in [7, 11) is 1.40. The molecule has 1 aliphatic heterocycles. The molecule has 0 radical (unpaired) electrons. The van der Waals surface area contributed by atoms with Crippen LogP contribution in [0.25, 0.3) is 0 Å². The highest BCUT2D eigenvalue weighted by Gasteiger charge is 2.24. The molecule has 1 amide bonds. The van der Waals surface area contributed by atoms with Gasteiger partial charge >= 0.3 is 6.61 Å².